The molecule has 0 radical (unpaired) electrons. The summed E-state index contributed by atoms with van der Waals surface area (Å²) in [4.78, 5) is 28.6. The molecule has 0 aliphatic heterocycles. The summed E-state index contributed by atoms with van der Waals surface area (Å²) < 4.78 is 0. The van der Waals surface area contributed by atoms with Gasteiger partial charge in [0.1, 0.15) is 6.04 Å². The molecule has 3 rings (SSSR count). The van der Waals surface area contributed by atoms with Crippen molar-refractivity contribution in [1.29, 1.82) is 0 Å². The van der Waals surface area contributed by atoms with Gasteiger partial charge in [-0.25, -0.2) is 0 Å². The molecule has 0 aromatic heterocycles. The van der Waals surface area contributed by atoms with Crippen molar-refractivity contribution in [2.75, 3.05) is 0 Å². The van der Waals surface area contributed by atoms with Gasteiger partial charge in [0.15, 0.2) is 0 Å². The van der Waals surface area contributed by atoms with Crippen LogP contribution in [-0.4, -0.2) is 28.8 Å². The van der Waals surface area contributed by atoms with Crippen LogP contribution in [0.5, 0.6) is 0 Å². The van der Waals surface area contributed by atoms with E-state index in [0.29, 0.717) is 22.0 Å². The Morgan fingerprint density at radius 2 is 1.64 bits per heavy atom. The van der Waals surface area contributed by atoms with E-state index in [4.69, 9.17) is 23.2 Å². The third-order valence-electron chi connectivity index (χ3n) is 6.36. The number of aryl methyl sites for hydroxylation is 2. The topological polar surface area (TPSA) is 49.4 Å². The minimum atomic E-state index is -0.585. The quantitative estimate of drug-likeness (QED) is 0.466. The van der Waals surface area contributed by atoms with Crippen molar-refractivity contribution < 1.29 is 9.59 Å². The molecule has 6 heteroatoms. The Hall–Kier alpha value is -2.04. The molecule has 0 heterocycles. The minimum Gasteiger partial charge on any atom is -0.352 e. The average Bonchev–Trinajstić information content (AvgIpc) is 2.75. The highest BCUT2D eigenvalue weighted by molar-refractivity contribution is 6.36. The summed E-state index contributed by atoms with van der Waals surface area (Å²) in [6.45, 7) is 6.18. The highest BCUT2D eigenvalue weighted by Crippen LogP contribution is 2.28. The Morgan fingerprint density at radius 3 is 2.21 bits per heavy atom. The second kappa shape index (κ2) is 11.9. The lowest BCUT2D eigenvalue weighted by molar-refractivity contribution is -0.141. The Labute approximate surface area is 207 Å². The molecule has 0 bridgehead atoms. The molecule has 1 atom stereocenters. The van der Waals surface area contributed by atoms with Gasteiger partial charge in [-0.15, -0.1) is 0 Å². The first kappa shape index (κ1) is 25.6. The summed E-state index contributed by atoms with van der Waals surface area (Å²) in [5.74, 6) is -0.206. The van der Waals surface area contributed by atoms with Crippen molar-refractivity contribution in [2.45, 2.75) is 84.3 Å². The van der Waals surface area contributed by atoms with Gasteiger partial charge in [0.2, 0.25) is 11.8 Å². The van der Waals surface area contributed by atoms with E-state index >= 15 is 0 Å². The number of hydrogen-bond donors (Lipinski definition) is 1. The number of nitrogens with zero attached hydrogens (tertiary/aromatic N) is 1. The van der Waals surface area contributed by atoms with Crippen molar-refractivity contribution >= 4 is 35.0 Å². The molecule has 4 nitrogen and oxygen atoms in total. The van der Waals surface area contributed by atoms with E-state index in [1.807, 2.05) is 32.9 Å². The van der Waals surface area contributed by atoms with E-state index in [1.165, 1.54) is 6.42 Å². The molecule has 178 valence electrons. The molecule has 33 heavy (non-hydrogen) atoms. The Morgan fingerprint density at radius 1 is 1.03 bits per heavy atom. The first-order valence-corrected chi connectivity index (χ1v) is 12.6. The number of benzene rings is 2. The van der Waals surface area contributed by atoms with Gasteiger partial charge in [0.05, 0.1) is 6.42 Å². The molecule has 1 aliphatic rings. The van der Waals surface area contributed by atoms with E-state index in [-0.39, 0.29) is 30.8 Å². The molecule has 0 spiro atoms. The molecular formula is C27H34Cl2N2O2. The molecule has 1 unspecified atom stereocenters. The van der Waals surface area contributed by atoms with Crippen molar-refractivity contribution in [3.8, 4) is 0 Å². The summed E-state index contributed by atoms with van der Waals surface area (Å²) in [5.41, 5.74) is 3.83. The van der Waals surface area contributed by atoms with E-state index in [1.54, 1.807) is 23.1 Å². The van der Waals surface area contributed by atoms with E-state index in [0.717, 1.165) is 42.4 Å². The fourth-order valence-electron chi connectivity index (χ4n) is 4.76. The van der Waals surface area contributed by atoms with Crippen LogP contribution in [0.1, 0.15) is 67.7 Å². The molecule has 1 N–H and O–H groups in total. The second-order valence-electron chi connectivity index (χ2n) is 9.16. The fraction of sp³-hybridized carbons (Fsp3) is 0.481. The molecule has 1 fully saturated rings. The van der Waals surface area contributed by atoms with Crippen LogP contribution >= 0.6 is 23.2 Å². The van der Waals surface area contributed by atoms with Crippen LogP contribution in [0.2, 0.25) is 10.0 Å². The molecule has 0 saturated heterocycles. The highest BCUT2D eigenvalue weighted by atomic mass is 35.5. The smallest absolute Gasteiger partial charge is 0.243 e. The third kappa shape index (κ3) is 6.97. The number of amides is 2. The molecule has 2 aromatic carbocycles. The second-order valence-corrected chi connectivity index (χ2v) is 9.98. The lowest BCUT2D eigenvalue weighted by atomic mass is 9.95. The van der Waals surface area contributed by atoms with Gasteiger partial charge in [-0.05, 0) is 50.8 Å². The van der Waals surface area contributed by atoms with Crippen LogP contribution in [0.25, 0.3) is 0 Å². The van der Waals surface area contributed by atoms with Crippen LogP contribution in [0.3, 0.4) is 0 Å². The third-order valence-corrected chi connectivity index (χ3v) is 7.07. The summed E-state index contributed by atoms with van der Waals surface area (Å²) in [5, 5.41) is 4.19. The van der Waals surface area contributed by atoms with Crippen molar-refractivity contribution in [3.05, 3.63) is 68.7 Å². The largest absolute Gasteiger partial charge is 0.352 e. The van der Waals surface area contributed by atoms with Crippen LogP contribution in [0.15, 0.2) is 36.4 Å². The first-order chi connectivity index (χ1) is 15.8. The normalized spacial score (nSPS) is 15.2. The molecule has 1 saturated carbocycles. The van der Waals surface area contributed by atoms with E-state index in [9.17, 15) is 9.59 Å². The van der Waals surface area contributed by atoms with Gasteiger partial charge < -0.3 is 10.2 Å². The highest BCUT2D eigenvalue weighted by Gasteiger charge is 2.31. The number of hydrogen-bond acceptors (Lipinski definition) is 2. The Balaban J connectivity index is 1.88. The average molecular weight is 489 g/mol. The maximum Gasteiger partial charge on any atom is 0.243 e. The minimum absolute atomic E-state index is 0.0960. The Kier molecular flexibility index (Phi) is 9.22. The van der Waals surface area contributed by atoms with Crippen LogP contribution in [0.4, 0.5) is 0 Å². The van der Waals surface area contributed by atoms with Crippen molar-refractivity contribution in [3.63, 3.8) is 0 Å². The SMILES string of the molecule is CCC(C(=O)NC1CCCCC1)N(Cc1c(Cl)cccc1Cl)C(=O)Cc1cc(C)cc(C)c1. The summed E-state index contributed by atoms with van der Waals surface area (Å²) in [6.07, 6.45) is 6.20. The summed E-state index contributed by atoms with van der Waals surface area (Å²) >= 11 is 12.9. The molecule has 2 aromatic rings. The van der Waals surface area contributed by atoms with Gasteiger partial charge in [0, 0.05) is 28.2 Å². The van der Waals surface area contributed by atoms with Crippen molar-refractivity contribution in [1.82, 2.24) is 10.2 Å². The van der Waals surface area contributed by atoms with E-state index in [2.05, 4.69) is 11.4 Å². The molecule has 1 aliphatic carbocycles. The van der Waals surface area contributed by atoms with Crippen LogP contribution in [-0.2, 0) is 22.6 Å². The van der Waals surface area contributed by atoms with Gasteiger partial charge >= 0.3 is 0 Å². The summed E-state index contributed by atoms with van der Waals surface area (Å²) in [6, 6.07) is 11.0. The van der Waals surface area contributed by atoms with Gasteiger partial charge in [0.25, 0.3) is 0 Å². The lowest BCUT2D eigenvalue weighted by Crippen LogP contribution is -2.52. The van der Waals surface area contributed by atoms with E-state index < -0.39 is 6.04 Å². The number of nitrogens with one attached hydrogen (secondary N) is 1. The zero-order chi connectivity index (χ0) is 24.0. The van der Waals surface area contributed by atoms with Gasteiger partial charge in [-0.2, -0.15) is 0 Å². The van der Waals surface area contributed by atoms with Gasteiger partial charge in [-0.1, -0.05) is 84.8 Å². The molecular weight excluding hydrogens is 455 g/mol. The monoisotopic (exact) mass is 488 g/mol. The summed E-state index contributed by atoms with van der Waals surface area (Å²) in [7, 11) is 0. The predicted octanol–water partition coefficient (Wildman–Crippen LogP) is 6.41. The lowest BCUT2D eigenvalue weighted by Gasteiger charge is -2.33. The number of carbonyl (C=O) groups is 2. The number of halogens is 2. The zero-order valence-corrected chi connectivity index (χ0v) is 21.3. The maximum atomic E-state index is 13.6. The standard InChI is InChI=1S/C27H34Cl2N2O2/c1-4-25(27(33)30-21-9-6-5-7-10-21)31(17-22-23(28)11-8-12-24(22)29)26(32)16-20-14-18(2)13-19(3)15-20/h8,11-15,21,25H,4-7,9-10,16-17H2,1-3H3,(H,30,33). The predicted molar refractivity (Wildman–Crippen MR) is 136 cm³/mol. The first-order valence-electron chi connectivity index (χ1n) is 11.9. The fourth-order valence-corrected chi connectivity index (χ4v) is 5.28. The maximum absolute atomic E-state index is 13.6. The van der Waals surface area contributed by atoms with Crippen LogP contribution < -0.4 is 5.32 Å². The zero-order valence-electron chi connectivity index (χ0n) is 19.8. The molecule has 2 amide bonds. The van der Waals surface area contributed by atoms with Gasteiger partial charge in [-0.3, -0.25) is 9.59 Å². The Bertz CT molecular complexity index is 946. The number of carbonyl (C=O) groups excluding carboxylic acids is 2. The number of rotatable bonds is 8. The van der Waals surface area contributed by atoms with Crippen LogP contribution in [0, 0.1) is 13.8 Å². The van der Waals surface area contributed by atoms with Crippen molar-refractivity contribution in [2.24, 2.45) is 0 Å².